The van der Waals surface area contributed by atoms with Crippen LogP contribution in [0.4, 0.5) is 0 Å². The topological polar surface area (TPSA) is 24.9 Å². The summed E-state index contributed by atoms with van der Waals surface area (Å²) in [6, 6.07) is 27.7. The summed E-state index contributed by atoms with van der Waals surface area (Å²) < 4.78 is 0. The van der Waals surface area contributed by atoms with Crippen LogP contribution in [0.15, 0.2) is 85.1 Å². The van der Waals surface area contributed by atoms with Crippen molar-refractivity contribution in [3.63, 3.8) is 0 Å². The molecule has 0 atom stereocenters. The van der Waals surface area contributed by atoms with Gasteiger partial charge >= 0.3 is 0 Å². The number of hydrogen-bond acceptors (Lipinski definition) is 2. The van der Waals surface area contributed by atoms with Crippen molar-refractivity contribution < 1.29 is 0 Å². The van der Waals surface area contributed by atoms with Crippen molar-refractivity contribution in [2.45, 2.75) is 18.8 Å². The van der Waals surface area contributed by atoms with E-state index in [0.717, 1.165) is 31.6 Å². The molecule has 1 N–H and O–H groups in total. The molecule has 24 heavy (non-hydrogen) atoms. The molecular formula is C22H24N2. The van der Waals surface area contributed by atoms with E-state index in [1.54, 1.807) is 0 Å². The van der Waals surface area contributed by atoms with E-state index < -0.39 is 0 Å². The quantitative estimate of drug-likeness (QED) is 0.622. The molecule has 0 unspecified atom stereocenters. The van der Waals surface area contributed by atoms with E-state index in [4.69, 9.17) is 0 Å². The third kappa shape index (κ3) is 4.77. The highest BCUT2D eigenvalue weighted by Crippen LogP contribution is 2.27. The normalized spacial score (nSPS) is 10.9. The zero-order valence-corrected chi connectivity index (χ0v) is 13.9. The Labute approximate surface area is 144 Å². The fourth-order valence-corrected chi connectivity index (χ4v) is 3.03. The number of rotatable bonds is 8. The lowest BCUT2D eigenvalue weighted by Gasteiger charge is -2.18. The Morgan fingerprint density at radius 3 is 1.92 bits per heavy atom. The highest BCUT2D eigenvalue weighted by Gasteiger charge is 2.13. The third-order valence-corrected chi connectivity index (χ3v) is 4.30. The zero-order chi connectivity index (χ0) is 16.5. The van der Waals surface area contributed by atoms with Gasteiger partial charge in [0.1, 0.15) is 0 Å². The van der Waals surface area contributed by atoms with E-state index in [9.17, 15) is 0 Å². The van der Waals surface area contributed by atoms with E-state index in [1.165, 1.54) is 11.1 Å². The van der Waals surface area contributed by atoms with E-state index in [0.29, 0.717) is 5.92 Å². The summed E-state index contributed by atoms with van der Waals surface area (Å²) in [5.41, 5.74) is 3.91. The second kappa shape index (κ2) is 8.99. The lowest BCUT2D eigenvalue weighted by Crippen LogP contribution is -2.21. The van der Waals surface area contributed by atoms with Crippen LogP contribution in [0.25, 0.3) is 0 Å². The molecule has 0 saturated carbocycles. The minimum Gasteiger partial charge on any atom is -0.316 e. The van der Waals surface area contributed by atoms with Crippen molar-refractivity contribution in [1.29, 1.82) is 0 Å². The van der Waals surface area contributed by atoms with E-state index in [-0.39, 0.29) is 0 Å². The number of pyridine rings is 1. The fourth-order valence-electron chi connectivity index (χ4n) is 3.03. The number of nitrogens with one attached hydrogen (secondary N) is 1. The van der Waals surface area contributed by atoms with Gasteiger partial charge in [-0.3, -0.25) is 4.98 Å². The number of nitrogens with zero attached hydrogens (tertiary/aromatic N) is 1. The Hall–Kier alpha value is -2.45. The van der Waals surface area contributed by atoms with Crippen LogP contribution in [0.2, 0.25) is 0 Å². The molecule has 0 amide bonds. The maximum absolute atomic E-state index is 4.37. The van der Waals surface area contributed by atoms with Gasteiger partial charge in [0.25, 0.3) is 0 Å². The molecule has 0 spiro atoms. The summed E-state index contributed by atoms with van der Waals surface area (Å²) >= 11 is 0. The van der Waals surface area contributed by atoms with Gasteiger partial charge in [-0.05, 0) is 36.2 Å². The lowest BCUT2D eigenvalue weighted by atomic mass is 9.88. The van der Waals surface area contributed by atoms with E-state index in [1.807, 2.05) is 18.3 Å². The predicted octanol–water partition coefficient (Wildman–Crippen LogP) is 4.44. The molecule has 3 rings (SSSR count). The number of aromatic nitrogens is 1. The third-order valence-electron chi connectivity index (χ3n) is 4.30. The molecule has 2 aromatic carbocycles. The highest BCUT2D eigenvalue weighted by molar-refractivity contribution is 5.32. The molecule has 0 saturated heterocycles. The van der Waals surface area contributed by atoms with Gasteiger partial charge in [0.15, 0.2) is 0 Å². The lowest BCUT2D eigenvalue weighted by molar-refractivity contribution is 0.609. The fraction of sp³-hybridized carbons (Fsp3) is 0.227. The average Bonchev–Trinajstić information content (AvgIpc) is 2.67. The van der Waals surface area contributed by atoms with Gasteiger partial charge in [0.2, 0.25) is 0 Å². The molecule has 122 valence electrons. The first-order chi connectivity index (χ1) is 11.9. The Kier molecular flexibility index (Phi) is 6.15. The van der Waals surface area contributed by atoms with Crippen LogP contribution in [0.5, 0.6) is 0 Å². The van der Waals surface area contributed by atoms with Crippen molar-refractivity contribution in [3.05, 3.63) is 102 Å². The Balaban J connectivity index is 1.55. The van der Waals surface area contributed by atoms with Crippen molar-refractivity contribution in [2.24, 2.45) is 0 Å². The summed E-state index contributed by atoms with van der Waals surface area (Å²) in [4.78, 5) is 4.37. The molecule has 1 aromatic heterocycles. The van der Waals surface area contributed by atoms with Crippen LogP contribution in [-0.2, 0) is 6.42 Å². The zero-order valence-electron chi connectivity index (χ0n) is 13.9. The van der Waals surface area contributed by atoms with E-state index in [2.05, 4.69) is 77.0 Å². The van der Waals surface area contributed by atoms with Crippen LogP contribution in [0, 0.1) is 0 Å². The standard InChI is InChI=1S/C22H24N2/c1-3-9-19(10-4-1)22(20-11-5-2-6-12-20)15-18-23-17-14-21-13-7-8-16-24-21/h1-13,16,22-23H,14-15,17-18H2. The van der Waals surface area contributed by atoms with Gasteiger partial charge in [-0.15, -0.1) is 0 Å². The van der Waals surface area contributed by atoms with Gasteiger partial charge in [-0.1, -0.05) is 66.7 Å². The Bertz CT molecular complexity index is 656. The number of benzene rings is 2. The monoisotopic (exact) mass is 316 g/mol. The van der Waals surface area contributed by atoms with Crippen LogP contribution in [0.1, 0.15) is 29.2 Å². The molecule has 2 nitrogen and oxygen atoms in total. The summed E-state index contributed by atoms with van der Waals surface area (Å²) in [6.45, 7) is 1.97. The van der Waals surface area contributed by atoms with Gasteiger partial charge in [-0.25, -0.2) is 0 Å². The molecule has 2 heteroatoms. The first-order valence-corrected chi connectivity index (χ1v) is 8.64. The van der Waals surface area contributed by atoms with Gasteiger partial charge in [0, 0.05) is 30.8 Å². The Morgan fingerprint density at radius 2 is 1.33 bits per heavy atom. The van der Waals surface area contributed by atoms with Crippen molar-refractivity contribution in [2.75, 3.05) is 13.1 Å². The van der Waals surface area contributed by atoms with Gasteiger partial charge in [0.05, 0.1) is 0 Å². The van der Waals surface area contributed by atoms with Crippen molar-refractivity contribution >= 4 is 0 Å². The van der Waals surface area contributed by atoms with Crippen LogP contribution in [0.3, 0.4) is 0 Å². The summed E-state index contributed by atoms with van der Waals surface area (Å²) in [6.07, 6.45) is 3.93. The molecular weight excluding hydrogens is 292 g/mol. The first kappa shape index (κ1) is 16.4. The molecule has 0 aliphatic heterocycles. The highest BCUT2D eigenvalue weighted by atomic mass is 14.8. The number of hydrogen-bond donors (Lipinski definition) is 1. The van der Waals surface area contributed by atoms with Gasteiger partial charge in [-0.2, -0.15) is 0 Å². The molecule has 0 aliphatic carbocycles. The molecule has 0 aliphatic rings. The molecule has 3 aromatic rings. The van der Waals surface area contributed by atoms with Crippen LogP contribution < -0.4 is 5.32 Å². The summed E-state index contributed by atoms with van der Waals surface area (Å²) in [5.74, 6) is 0.440. The second-order valence-corrected chi connectivity index (χ2v) is 5.98. The first-order valence-electron chi connectivity index (χ1n) is 8.64. The second-order valence-electron chi connectivity index (χ2n) is 5.98. The maximum atomic E-state index is 4.37. The molecule has 0 fully saturated rings. The Morgan fingerprint density at radius 1 is 0.708 bits per heavy atom. The minimum atomic E-state index is 0.440. The van der Waals surface area contributed by atoms with Crippen molar-refractivity contribution in [1.82, 2.24) is 10.3 Å². The average molecular weight is 316 g/mol. The summed E-state index contributed by atoms with van der Waals surface area (Å²) in [5, 5.41) is 3.56. The molecule has 0 radical (unpaired) electrons. The summed E-state index contributed by atoms with van der Waals surface area (Å²) in [7, 11) is 0. The molecule has 0 bridgehead atoms. The predicted molar refractivity (Wildman–Crippen MR) is 100 cm³/mol. The van der Waals surface area contributed by atoms with Crippen molar-refractivity contribution in [3.8, 4) is 0 Å². The SMILES string of the molecule is c1ccc(C(CCNCCc2ccccn2)c2ccccc2)cc1. The van der Waals surface area contributed by atoms with Gasteiger partial charge < -0.3 is 5.32 Å². The largest absolute Gasteiger partial charge is 0.316 e. The minimum absolute atomic E-state index is 0.440. The van der Waals surface area contributed by atoms with Crippen LogP contribution in [-0.4, -0.2) is 18.1 Å². The molecule has 1 heterocycles. The smallest absolute Gasteiger partial charge is 0.0416 e. The van der Waals surface area contributed by atoms with Crippen LogP contribution >= 0.6 is 0 Å². The van der Waals surface area contributed by atoms with E-state index >= 15 is 0 Å². The maximum Gasteiger partial charge on any atom is 0.0416 e.